The Morgan fingerprint density at radius 2 is 1.79 bits per heavy atom. The summed E-state index contributed by atoms with van der Waals surface area (Å²) in [5.74, 6) is -0.102. The Hall–Kier alpha value is -3.69. The van der Waals surface area contributed by atoms with Gasteiger partial charge in [0, 0.05) is 17.5 Å². The van der Waals surface area contributed by atoms with Crippen molar-refractivity contribution in [1.82, 2.24) is 24.5 Å². The minimum atomic E-state index is -4.55. The summed E-state index contributed by atoms with van der Waals surface area (Å²) in [6, 6.07) is 10.8. The highest BCUT2D eigenvalue weighted by atomic mass is 19.4. The number of halogens is 3. The molecule has 0 bridgehead atoms. The Morgan fingerprint density at radius 3 is 2.48 bits per heavy atom. The molecule has 3 heterocycles. The molecule has 33 heavy (non-hydrogen) atoms. The lowest BCUT2D eigenvalue weighted by Crippen LogP contribution is -2.20. The number of nitrogens with zero attached hydrogens (tertiary/aromatic N) is 5. The molecule has 0 fully saturated rings. The van der Waals surface area contributed by atoms with E-state index in [-0.39, 0.29) is 29.0 Å². The monoisotopic (exact) mass is 456 g/mol. The first-order valence-corrected chi connectivity index (χ1v) is 10.3. The van der Waals surface area contributed by atoms with E-state index in [1.54, 1.807) is 10.7 Å². The Morgan fingerprint density at radius 1 is 1.03 bits per heavy atom. The normalized spacial score (nSPS) is 11.8. The highest BCUT2D eigenvalue weighted by molar-refractivity contribution is 5.91. The third-order valence-electron chi connectivity index (χ3n) is 5.27. The molecule has 1 N–H and O–H groups in total. The molecule has 1 aromatic carbocycles. The van der Waals surface area contributed by atoms with Gasteiger partial charge in [0.05, 0.1) is 23.2 Å². The minimum absolute atomic E-state index is 0.0242. The molecule has 0 unspecified atom stereocenters. The summed E-state index contributed by atoms with van der Waals surface area (Å²) >= 11 is 0. The Labute approximate surface area is 188 Å². The quantitative estimate of drug-likeness (QED) is 0.477. The second kappa shape index (κ2) is 8.34. The van der Waals surface area contributed by atoms with E-state index >= 15 is 0 Å². The SMILES string of the molecule is Cc1cccc(Cn2nc(NC(=O)Cn3nc(C)c4c(C(F)(F)F)cc(C)nc43)cc2C)c1. The van der Waals surface area contributed by atoms with Crippen LogP contribution in [0.2, 0.25) is 0 Å². The first kappa shape index (κ1) is 22.5. The third-order valence-corrected chi connectivity index (χ3v) is 5.27. The van der Waals surface area contributed by atoms with Gasteiger partial charge in [0.15, 0.2) is 11.5 Å². The van der Waals surface area contributed by atoms with E-state index in [2.05, 4.69) is 26.6 Å². The van der Waals surface area contributed by atoms with Crippen molar-refractivity contribution in [3.8, 4) is 0 Å². The third kappa shape index (κ3) is 4.74. The van der Waals surface area contributed by atoms with Crippen LogP contribution in [0, 0.1) is 27.7 Å². The zero-order chi connectivity index (χ0) is 23.9. The summed E-state index contributed by atoms with van der Waals surface area (Å²) in [7, 11) is 0. The van der Waals surface area contributed by atoms with Gasteiger partial charge < -0.3 is 5.32 Å². The molecular weight excluding hydrogens is 433 g/mol. The number of nitrogens with one attached hydrogen (secondary N) is 1. The maximum Gasteiger partial charge on any atom is 0.417 e. The molecule has 10 heteroatoms. The van der Waals surface area contributed by atoms with Gasteiger partial charge in [0.1, 0.15) is 6.54 Å². The van der Waals surface area contributed by atoms with Gasteiger partial charge in [-0.3, -0.25) is 9.48 Å². The predicted molar refractivity (Wildman–Crippen MR) is 118 cm³/mol. The van der Waals surface area contributed by atoms with Crippen molar-refractivity contribution >= 4 is 22.8 Å². The number of aryl methyl sites for hydroxylation is 4. The van der Waals surface area contributed by atoms with Crippen molar-refractivity contribution < 1.29 is 18.0 Å². The zero-order valence-electron chi connectivity index (χ0n) is 18.7. The molecule has 0 aliphatic heterocycles. The lowest BCUT2D eigenvalue weighted by molar-refractivity contribution is -0.136. The number of carbonyl (C=O) groups is 1. The molecule has 0 spiro atoms. The minimum Gasteiger partial charge on any atom is -0.308 e. The van der Waals surface area contributed by atoms with Gasteiger partial charge in [0.2, 0.25) is 5.91 Å². The van der Waals surface area contributed by atoms with Crippen LogP contribution in [0.3, 0.4) is 0 Å². The number of hydrogen-bond donors (Lipinski definition) is 1. The van der Waals surface area contributed by atoms with Gasteiger partial charge >= 0.3 is 6.18 Å². The second-order valence-corrected chi connectivity index (χ2v) is 8.12. The van der Waals surface area contributed by atoms with Crippen LogP contribution in [0.4, 0.5) is 19.0 Å². The number of benzene rings is 1. The molecule has 0 aliphatic rings. The maximum atomic E-state index is 13.5. The molecule has 3 aromatic heterocycles. The molecular formula is C23H23F3N6O. The molecule has 0 atom stereocenters. The number of aromatic nitrogens is 5. The fourth-order valence-electron chi connectivity index (χ4n) is 3.85. The van der Waals surface area contributed by atoms with Gasteiger partial charge in [-0.05, 0) is 39.3 Å². The van der Waals surface area contributed by atoms with Crippen LogP contribution in [0.15, 0.2) is 36.4 Å². The maximum absolute atomic E-state index is 13.5. The van der Waals surface area contributed by atoms with E-state index < -0.39 is 17.6 Å². The standard InChI is InChI=1S/C23H23F3N6O/c1-13-6-5-7-17(8-13)11-31-15(3)10-19(30-31)28-20(33)12-32-22-21(16(4)29-32)18(23(24,25)26)9-14(2)27-22/h5-10H,11-12H2,1-4H3,(H,28,30,33). The molecule has 4 rings (SSSR count). The van der Waals surface area contributed by atoms with Crippen LogP contribution in [-0.2, 0) is 24.1 Å². The van der Waals surface area contributed by atoms with Crippen LogP contribution in [-0.4, -0.2) is 30.5 Å². The van der Waals surface area contributed by atoms with Gasteiger partial charge in [-0.25, -0.2) is 9.67 Å². The smallest absolute Gasteiger partial charge is 0.308 e. The zero-order valence-corrected chi connectivity index (χ0v) is 18.7. The van der Waals surface area contributed by atoms with E-state index in [9.17, 15) is 18.0 Å². The number of amides is 1. The number of rotatable bonds is 5. The highest BCUT2D eigenvalue weighted by Crippen LogP contribution is 2.36. The average Bonchev–Trinajstić information content (AvgIpc) is 3.19. The molecule has 0 aliphatic carbocycles. The summed E-state index contributed by atoms with van der Waals surface area (Å²) in [4.78, 5) is 16.9. The first-order chi connectivity index (χ1) is 15.5. The molecule has 0 saturated carbocycles. The van der Waals surface area contributed by atoms with Gasteiger partial charge in [0.25, 0.3) is 0 Å². The molecule has 1 amide bonds. The topological polar surface area (TPSA) is 77.6 Å². The lowest BCUT2D eigenvalue weighted by atomic mass is 10.1. The van der Waals surface area contributed by atoms with Crippen molar-refractivity contribution in [2.24, 2.45) is 0 Å². The first-order valence-electron chi connectivity index (χ1n) is 10.3. The summed E-state index contributed by atoms with van der Waals surface area (Å²) in [5.41, 5.74) is 2.66. The average molecular weight is 456 g/mol. The van der Waals surface area contributed by atoms with E-state index in [0.29, 0.717) is 12.4 Å². The van der Waals surface area contributed by atoms with Gasteiger partial charge in [-0.2, -0.15) is 23.4 Å². The van der Waals surface area contributed by atoms with E-state index in [1.165, 1.54) is 18.5 Å². The van der Waals surface area contributed by atoms with Crippen molar-refractivity contribution in [2.45, 2.75) is 47.0 Å². The van der Waals surface area contributed by atoms with E-state index in [4.69, 9.17) is 0 Å². The number of anilines is 1. The second-order valence-electron chi connectivity index (χ2n) is 8.12. The lowest BCUT2D eigenvalue weighted by Gasteiger charge is -2.10. The number of carbonyl (C=O) groups excluding carboxylic acids is 1. The van der Waals surface area contributed by atoms with Crippen molar-refractivity contribution in [3.05, 3.63) is 70.2 Å². The fraction of sp³-hybridized carbons (Fsp3) is 0.304. The summed E-state index contributed by atoms with van der Waals surface area (Å²) in [6.45, 7) is 7.11. The molecule has 0 saturated heterocycles. The van der Waals surface area contributed by atoms with Crippen LogP contribution >= 0.6 is 0 Å². The Bertz CT molecular complexity index is 1350. The number of hydrogen-bond acceptors (Lipinski definition) is 4. The summed E-state index contributed by atoms with van der Waals surface area (Å²) < 4.78 is 43.5. The van der Waals surface area contributed by atoms with Crippen LogP contribution in [0.25, 0.3) is 11.0 Å². The van der Waals surface area contributed by atoms with Crippen LogP contribution in [0.5, 0.6) is 0 Å². The van der Waals surface area contributed by atoms with Crippen LogP contribution in [0.1, 0.15) is 33.8 Å². The largest absolute Gasteiger partial charge is 0.417 e. The number of pyridine rings is 1. The number of fused-ring (bicyclic) bond motifs is 1. The Balaban J connectivity index is 1.55. The van der Waals surface area contributed by atoms with Gasteiger partial charge in [-0.1, -0.05) is 29.8 Å². The van der Waals surface area contributed by atoms with Crippen molar-refractivity contribution in [3.63, 3.8) is 0 Å². The number of alkyl halides is 3. The molecule has 4 aromatic rings. The van der Waals surface area contributed by atoms with E-state index in [1.807, 2.05) is 32.0 Å². The fourth-order valence-corrected chi connectivity index (χ4v) is 3.85. The molecule has 172 valence electrons. The van der Waals surface area contributed by atoms with Crippen molar-refractivity contribution in [1.29, 1.82) is 0 Å². The van der Waals surface area contributed by atoms with Gasteiger partial charge in [-0.15, -0.1) is 0 Å². The predicted octanol–water partition coefficient (Wildman–Crippen LogP) is 4.57. The van der Waals surface area contributed by atoms with E-state index in [0.717, 1.165) is 22.9 Å². The highest BCUT2D eigenvalue weighted by Gasteiger charge is 2.35. The van der Waals surface area contributed by atoms with Crippen molar-refractivity contribution in [2.75, 3.05) is 5.32 Å². The Kier molecular flexibility index (Phi) is 5.69. The summed E-state index contributed by atoms with van der Waals surface area (Å²) in [5, 5.41) is 11.2. The van der Waals surface area contributed by atoms with Crippen LogP contribution < -0.4 is 5.32 Å². The summed E-state index contributed by atoms with van der Waals surface area (Å²) in [6.07, 6.45) is -4.55. The molecule has 0 radical (unpaired) electrons. The molecule has 7 nitrogen and oxygen atoms in total.